The molecule has 3 rings (SSSR count). The van der Waals surface area contributed by atoms with E-state index in [-0.39, 0.29) is 0 Å². The van der Waals surface area contributed by atoms with Gasteiger partial charge in [-0.2, -0.15) is 4.98 Å². The summed E-state index contributed by atoms with van der Waals surface area (Å²) in [6.45, 7) is 5.37. The molecule has 2 aliphatic rings. The molecule has 5 heteroatoms. The third kappa shape index (κ3) is 2.72. The van der Waals surface area contributed by atoms with Crippen molar-refractivity contribution in [2.75, 3.05) is 19.6 Å². The van der Waals surface area contributed by atoms with E-state index in [0.29, 0.717) is 11.9 Å². The fourth-order valence-electron chi connectivity index (χ4n) is 3.24. The number of nitrogens with one attached hydrogen (secondary N) is 1. The molecule has 2 atom stereocenters. The van der Waals surface area contributed by atoms with Gasteiger partial charge in [0.25, 0.3) is 0 Å². The maximum Gasteiger partial charge on any atom is 0.223 e. The number of aromatic nitrogens is 2. The van der Waals surface area contributed by atoms with Gasteiger partial charge in [-0.1, -0.05) is 5.16 Å². The van der Waals surface area contributed by atoms with Crippen LogP contribution in [0.5, 0.6) is 0 Å². The molecular formula is C13H22N4O. The highest BCUT2D eigenvalue weighted by Crippen LogP contribution is 2.26. The first-order chi connectivity index (χ1) is 8.81. The molecule has 1 aromatic heterocycles. The van der Waals surface area contributed by atoms with Crippen LogP contribution in [0.25, 0.3) is 0 Å². The number of nitrogens with zero attached hydrogens (tertiary/aromatic N) is 3. The zero-order valence-electron chi connectivity index (χ0n) is 11.1. The van der Waals surface area contributed by atoms with Crippen LogP contribution >= 0.6 is 0 Å². The van der Waals surface area contributed by atoms with Gasteiger partial charge >= 0.3 is 0 Å². The number of fused-ring (bicyclic) bond motifs is 1. The lowest BCUT2D eigenvalue weighted by Gasteiger charge is -2.35. The molecular weight excluding hydrogens is 228 g/mol. The van der Waals surface area contributed by atoms with Crippen molar-refractivity contribution in [3.63, 3.8) is 0 Å². The van der Waals surface area contributed by atoms with Crippen molar-refractivity contribution in [2.45, 2.75) is 51.1 Å². The van der Waals surface area contributed by atoms with E-state index in [1.807, 2.05) is 6.92 Å². The Labute approximate surface area is 108 Å². The van der Waals surface area contributed by atoms with Crippen LogP contribution in [0.3, 0.4) is 0 Å². The molecule has 1 N–H and O–H groups in total. The van der Waals surface area contributed by atoms with Crippen LogP contribution < -0.4 is 5.32 Å². The molecule has 0 saturated carbocycles. The van der Waals surface area contributed by atoms with Crippen molar-refractivity contribution >= 4 is 0 Å². The average molecular weight is 250 g/mol. The van der Waals surface area contributed by atoms with E-state index in [0.717, 1.165) is 24.8 Å². The topological polar surface area (TPSA) is 54.2 Å². The SMILES string of the molecule is Cc1nc(CCNC2CCN3CCCC3C2)no1. The summed E-state index contributed by atoms with van der Waals surface area (Å²) in [5.41, 5.74) is 0. The normalized spacial score (nSPS) is 28.5. The lowest BCUT2D eigenvalue weighted by Crippen LogP contribution is -2.46. The predicted molar refractivity (Wildman–Crippen MR) is 68.4 cm³/mol. The molecule has 2 unspecified atom stereocenters. The van der Waals surface area contributed by atoms with Gasteiger partial charge in [0.1, 0.15) is 0 Å². The van der Waals surface area contributed by atoms with Crippen molar-refractivity contribution in [2.24, 2.45) is 0 Å². The molecule has 3 heterocycles. The van der Waals surface area contributed by atoms with Crippen LogP contribution in [0, 0.1) is 6.92 Å². The number of hydrogen-bond donors (Lipinski definition) is 1. The van der Waals surface area contributed by atoms with Crippen molar-refractivity contribution in [3.8, 4) is 0 Å². The maximum atomic E-state index is 4.97. The molecule has 0 amide bonds. The Morgan fingerprint density at radius 2 is 2.33 bits per heavy atom. The second-order valence-electron chi connectivity index (χ2n) is 5.49. The Morgan fingerprint density at radius 3 is 3.17 bits per heavy atom. The number of aryl methyl sites for hydroxylation is 1. The molecule has 2 saturated heterocycles. The van der Waals surface area contributed by atoms with Crippen LogP contribution in [-0.2, 0) is 6.42 Å². The highest BCUT2D eigenvalue weighted by molar-refractivity contribution is 4.90. The highest BCUT2D eigenvalue weighted by Gasteiger charge is 2.31. The van der Waals surface area contributed by atoms with E-state index in [2.05, 4.69) is 20.4 Å². The second kappa shape index (κ2) is 5.36. The molecule has 18 heavy (non-hydrogen) atoms. The van der Waals surface area contributed by atoms with Gasteiger partial charge in [-0.15, -0.1) is 0 Å². The lowest BCUT2D eigenvalue weighted by atomic mass is 9.97. The first-order valence-corrected chi connectivity index (χ1v) is 7.08. The minimum Gasteiger partial charge on any atom is -0.340 e. The van der Waals surface area contributed by atoms with E-state index in [4.69, 9.17) is 4.52 Å². The zero-order chi connectivity index (χ0) is 12.4. The standard InChI is InChI=1S/C13H22N4O/c1-10-15-13(16-18-10)4-6-14-11-5-8-17-7-2-3-12(17)9-11/h11-12,14H,2-9H2,1H3. The fourth-order valence-corrected chi connectivity index (χ4v) is 3.24. The van der Waals surface area contributed by atoms with Gasteiger partial charge < -0.3 is 14.7 Å². The van der Waals surface area contributed by atoms with Gasteiger partial charge in [0.2, 0.25) is 5.89 Å². The summed E-state index contributed by atoms with van der Waals surface area (Å²) in [5.74, 6) is 1.47. The summed E-state index contributed by atoms with van der Waals surface area (Å²) in [7, 11) is 0. The average Bonchev–Trinajstić information content (AvgIpc) is 2.97. The third-order valence-corrected chi connectivity index (χ3v) is 4.17. The molecule has 100 valence electrons. The van der Waals surface area contributed by atoms with Crippen molar-refractivity contribution in [1.29, 1.82) is 0 Å². The highest BCUT2D eigenvalue weighted by atomic mass is 16.5. The monoisotopic (exact) mass is 250 g/mol. The molecule has 2 fully saturated rings. The molecule has 0 bridgehead atoms. The van der Waals surface area contributed by atoms with Crippen molar-refractivity contribution < 1.29 is 4.52 Å². The van der Waals surface area contributed by atoms with Gasteiger partial charge in [0.05, 0.1) is 0 Å². The van der Waals surface area contributed by atoms with Crippen LogP contribution in [0.2, 0.25) is 0 Å². The molecule has 0 radical (unpaired) electrons. The zero-order valence-corrected chi connectivity index (χ0v) is 11.1. The minimum absolute atomic E-state index is 0.657. The Bertz CT molecular complexity index is 392. The first-order valence-electron chi connectivity index (χ1n) is 7.08. The van der Waals surface area contributed by atoms with Gasteiger partial charge in [0, 0.05) is 32.0 Å². The van der Waals surface area contributed by atoms with Crippen LogP contribution in [0.4, 0.5) is 0 Å². The van der Waals surface area contributed by atoms with Crippen molar-refractivity contribution in [1.82, 2.24) is 20.4 Å². The molecule has 0 aliphatic carbocycles. The molecule has 1 aromatic rings. The maximum absolute atomic E-state index is 4.97. The van der Waals surface area contributed by atoms with Crippen LogP contribution in [-0.4, -0.2) is 46.8 Å². The predicted octanol–water partition coefficient (Wildman–Crippen LogP) is 1.14. The quantitative estimate of drug-likeness (QED) is 0.868. The summed E-state index contributed by atoms with van der Waals surface area (Å²) in [6, 6.07) is 1.51. The largest absolute Gasteiger partial charge is 0.340 e. The Balaban J connectivity index is 1.41. The first kappa shape index (κ1) is 12.1. The van der Waals surface area contributed by atoms with E-state index >= 15 is 0 Å². The van der Waals surface area contributed by atoms with Gasteiger partial charge in [0.15, 0.2) is 5.82 Å². The van der Waals surface area contributed by atoms with Gasteiger partial charge in [-0.25, -0.2) is 0 Å². The molecule has 0 aromatic carbocycles. The van der Waals surface area contributed by atoms with Crippen LogP contribution in [0.15, 0.2) is 4.52 Å². The summed E-state index contributed by atoms with van der Waals surface area (Å²) in [4.78, 5) is 6.87. The summed E-state index contributed by atoms with van der Waals surface area (Å²) >= 11 is 0. The number of hydrogen-bond acceptors (Lipinski definition) is 5. The van der Waals surface area contributed by atoms with Gasteiger partial charge in [-0.3, -0.25) is 0 Å². The number of piperidine rings is 1. The minimum atomic E-state index is 0.657. The van der Waals surface area contributed by atoms with E-state index in [1.54, 1.807) is 0 Å². The molecule has 0 spiro atoms. The van der Waals surface area contributed by atoms with E-state index < -0.39 is 0 Å². The lowest BCUT2D eigenvalue weighted by molar-refractivity contribution is 0.167. The van der Waals surface area contributed by atoms with Gasteiger partial charge in [-0.05, 0) is 38.8 Å². The third-order valence-electron chi connectivity index (χ3n) is 4.17. The van der Waals surface area contributed by atoms with E-state index in [9.17, 15) is 0 Å². The smallest absolute Gasteiger partial charge is 0.223 e. The Kier molecular flexibility index (Phi) is 3.61. The van der Waals surface area contributed by atoms with Crippen molar-refractivity contribution in [3.05, 3.63) is 11.7 Å². The summed E-state index contributed by atoms with van der Waals surface area (Å²) in [6.07, 6.45) is 6.23. The molecule has 2 aliphatic heterocycles. The Hall–Kier alpha value is -0.940. The summed E-state index contributed by atoms with van der Waals surface area (Å²) < 4.78 is 4.97. The molecule has 5 nitrogen and oxygen atoms in total. The fraction of sp³-hybridized carbons (Fsp3) is 0.846. The number of rotatable bonds is 4. The summed E-state index contributed by atoms with van der Waals surface area (Å²) in [5, 5.41) is 7.56. The Morgan fingerprint density at radius 1 is 1.39 bits per heavy atom. The second-order valence-corrected chi connectivity index (χ2v) is 5.49. The van der Waals surface area contributed by atoms with E-state index in [1.165, 1.54) is 38.8 Å². The van der Waals surface area contributed by atoms with Crippen LogP contribution in [0.1, 0.15) is 37.4 Å².